The molecule has 0 heterocycles. The van der Waals surface area contributed by atoms with Crippen LogP contribution in [0.1, 0.15) is 26.2 Å². The third-order valence-corrected chi connectivity index (χ3v) is 1.51. The predicted molar refractivity (Wildman–Crippen MR) is 35.4 cm³/mol. The molecule has 8 heavy (non-hydrogen) atoms. The van der Waals surface area contributed by atoms with Gasteiger partial charge in [0.1, 0.15) is 0 Å². The summed E-state index contributed by atoms with van der Waals surface area (Å²) in [5.74, 6) is 0. The van der Waals surface area contributed by atoms with Gasteiger partial charge in [0, 0.05) is 0 Å². The molecule has 0 unspecified atom stereocenters. The molecule has 0 aromatic rings. The first-order valence-corrected chi connectivity index (χ1v) is 3.12. The molecule has 1 radical (unpaired) electrons. The molecule has 0 atom stereocenters. The lowest BCUT2D eigenvalue weighted by Crippen LogP contribution is -1.85. The maximum absolute atomic E-state index is 3.18. The molecule has 0 amide bonds. The molecule has 0 aliphatic heterocycles. The molecular weight excluding hydrogens is 96.1 g/mol. The fourth-order valence-electron chi connectivity index (χ4n) is 0.902. The minimum atomic E-state index is 1.12. The summed E-state index contributed by atoms with van der Waals surface area (Å²) in [4.78, 5) is 0. The Kier molecular flexibility index (Phi) is 1.90. The summed E-state index contributed by atoms with van der Waals surface area (Å²) < 4.78 is 0. The Morgan fingerprint density at radius 3 is 3.00 bits per heavy atom. The van der Waals surface area contributed by atoms with Crippen molar-refractivity contribution in [1.82, 2.24) is 0 Å². The molecule has 43 valence electrons. The monoisotopic (exact) mass is 107 g/mol. The van der Waals surface area contributed by atoms with Gasteiger partial charge in [-0.2, -0.15) is 0 Å². The van der Waals surface area contributed by atoms with Crippen LogP contribution < -0.4 is 0 Å². The topological polar surface area (TPSA) is 0 Å². The number of hydrogen-bond acceptors (Lipinski definition) is 0. The lowest BCUT2D eigenvalue weighted by molar-refractivity contribution is 0.878. The molecule has 0 saturated carbocycles. The quantitative estimate of drug-likeness (QED) is 0.417. The van der Waals surface area contributed by atoms with E-state index in [-0.39, 0.29) is 0 Å². The third kappa shape index (κ3) is 1.22. The van der Waals surface area contributed by atoms with Gasteiger partial charge in [-0.25, -0.2) is 0 Å². The van der Waals surface area contributed by atoms with Crippen LogP contribution in [0.3, 0.4) is 0 Å². The fraction of sp³-hybridized carbons (Fsp3) is 0.500. The molecule has 0 aromatic heterocycles. The highest BCUT2D eigenvalue weighted by molar-refractivity contribution is 5.09. The maximum Gasteiger partial charge on any atom is -0.0133 e. The van der Waals surface area contributed by atoms with E-state index in [0.717, 1.165) is 12.8 Å². The smallest absolute Gasteiger partial charge is 0.0133 e. The standard InChI is InChI=1S/C8H11/c1-2-8-6-4-3-5-7-8/h2,4H,5-7H2,1H3. The molecule has 0 saturated heterocycles. The average Bonchev–Trinajstić information content (AvgIpc) is 1.90. The van der Waals surface area contributed by atoms with Crippen LogP contribution in [0.2, 0.25) is 0 Å². The highest BCUT2D eigenvalue weighted by atomic mass is 14.0. The zero-order chi connectivity index (χ0) is 5.82. The van der Waals surface area contributed by atoms with Crippen molar-refractivity contribution in [3.05, 3.63) is 23.8 Å². The van der Waals surface area contributed by atoms with E-state index in [4.69, 9.17) is 0 Å². The Morgan fingerprint density at radius 2 is 2.62 bits per heavy atom. The van der Waals surface area contributed by atoms with E-state index in [1.165, 1.54) is 6.42 Å². The van der Waals surface area contributed by atoms with Crippen LogP contribution in [0.25, 0.3) is 0 Å². The van der Waals surface area contributed by atoms with Crippen molar-refractivity contribution in [3.63, 3.8) is 0 Å². The summed E-state index contributed by atoms with van der Waals surface area (Å²) in [6.45, 7) is 2.11. The second-order valence-electron chi connectivity index (χ2n) is 2.06. The lowest BCUT2D eigenvalue weighted by Gasteiger charge is -2.04. The van der Waals surface area contributed by atoms with Crippen LogP contribution in [-0.4, -0.2) is 0 Å². The number of rotatable bonds is 0. The molecule has 0 heteroatoms. The minimum absolute atomic E-state index is 1.12. The summed E-state index contributed by atoms with van der Waals surface area (Å²) in [6.07, 6.45) is 11.0. The molecule has 1 aliphatic rings. The van der Waals surface area contributed by atoms with Gasteiger partial charge in [0.2, 0.25) is 0 Å². The molecular formula is C8H11. The van der Waals surface area contributed by atoms with Gasteiger partial charge < -0.3 is 0 Å². The molecule has 0 aromatic carbocycles. The van der Waals surface area contributed by atoms with Gasteiger partial charge in [-0.1, -0.05) is 17.7 Å². The Bertz CT molecular complexity index is 118. The maximum atomic E-state index is 3.18. The van der Waals surface area contributed by atoms with Crippen molar-refractivity contribution in [2.24, 2.45) is 0 Å². The van der Waals surface area contributed by atoms with Crippen molar-refractivity contribution in [1.29, 1.82) is 0 Å². The first-order valence-electron chi connectivity index (χ1n) is 3.12. The van der Waals surface area contributed by atoms with Crippen molar-refractivity contribution in [2.45, 2.75) is 26.2 Å². The van der Waals surface area contributed by atoms with Crippen LogP contribution in [0, 0.1) is 6.08 Å². The number of hydrogen-bond donors (Lipinski definition) is 0. The van der Waals surface area contributed by atoms with Gasteiger partial charge in [-0.05, 0) is 32.3 Å². The molecule has 1 rings (SSSR count). The fourth-order valence-corrected chi connectivity index (χ4v) is 0.902. The van der Waals surface area contributed by atoms with E-state index in [1.807, 2.05) is 0 Å². The minimum Gasteiger partial charge on any atom is -0.0881 e. The van der Waals surface area contributed by atoms with Gasteiger partial charge >= 0.3 is 0 Å². The van der Waals surface area contributed by atoms with Crippen molar-refractivity contribution in [2.75, 3.05) is 0 Å². The summed E-state index contributed by atoms with van der Waals surface area (Å²) in [6, 6.07) is 0. The Hall–Kier alpha value is -0.520. The van der Waals surface area contributed by atoms with Gasteiger partial charge in [0.15, 0.2) is 0 Å². The van der Waals surface area contributed by atoms with Crippen LogP contribution >= 0.6 is 0 Å². The average molecular weight is 107 g/mol. The third-order valence-electron chi connectivity index (χ3n) is 1.51. The van der Waals surface area contributed by atoms with Crippen LogP contribution in [-0.2, 0) is 0 Å². The molecule has 0 spiro atoms. The molecule has 0 fully saturated rings. The zero-order valence-electron chi connectivity index (χ0n) is 5.28. The Labute approximate surface area is 50.9 Å². The first-order chi connectivity index (χ1) is 3.93. The largest absolute Gasteiger partial charge is 0.0881 e. The van der Waals surface area contributed by atoms with Crippen LogP contribution in [0.15, 0.2) is 17.7 Å². The summed E-state index contributed by atoms with van der Waals surface area (Å²) in [7, 11) is 0. The zero-order valence-corrected chi connectivity index (χ0v) is 5.28. The summed E-state index contributed by atoms with van der Waals surface area (Å²) in [5, 5.41) is 0. The lowest BCUT2D eigenvalue weighted by atomic mass is 10.0. The van der Waals surface area contributed by atoms with E-state index >= 15 is 0 Å². The second kappa shape index (κ2) is 2.71. The molecule has 0 nitrogen and oxygen atoms in total. The van der Waals surface area contributed by atoms with Gasteiger partial charge in [-0.3, -0.25) is 0 Å². The van der Waals surface area contributed by atoms with E-state index in [1.54, 1.807) is 5.57 Å². The summed E-state index contributed by atoms with van der Waals surface area (Å²) >= 11 is 0. The normalized spacial score (nSPS) is 24.4. The van der Waals surface area contributed by atoms with E-state index in [0.29, 0.717) is 0 Å². The van der Waals surface area contributed by atoms with Gasteiger partial charge in [0.05, 0.1) is 0 Å². The molecule has 0 bridgehead atoms. The van der Waals surface area contributed by atoms with Crippen molar-refractivity contribution < 1.29 is 0 Å². The SMILES string of the molecule is CC=C1CC=[C]CC1. The van der Waals surface area contributed by atoms with E-state index in [9.17, 15) is 0 Å². The first kappa shape index (κ1) is 5.61. The number of allylic oxidation sites excluding steroid dienone is 4. The predicted octanol–water partition coefficient (Wildman–Crippen LogP) is 2.48. The van der Waals surface area contributed by atoms with Crippen molar-refractivity contribution in [3.8, 4) is 0 Å². The van der Waals surface area contributed by atoms with Gasteiger partial charge in [-0.15, -0.1) is 0 Å². The van der Waals surface area contributed by atoms with Crippen molar-refractivity contribution >= 4 is 0 Å². The van der Waals surface area contributed by atoms with E-state index < -0.39 is 0 Å². The molecule has 1 aliphatic carbocycles. The van der Waals surface area contributed by atoms with E-state index in [2.05, 4.69) is 25.2 Å². The molecule has 0 N–H and O–H groups in total. The second-order valence-corrected chi connectivity index (χ2v) is 2.06. The highest BCUT2D eigenvalue weighted by Gasteiger charge is 1.96. The Balaban J connectivity index is 2.50. The Morgan fingerprint density at radius 1 is 1.75 bits per heavy atom. The summed E-state index contributed by atoms with van der Waals surface area (Å²) in [5.41, 5.74) is 1.56. The highest BCUT2D eigenvalue weighted by Crippen LogP contribution is 2.15. The van der Waals surface area contributed by atoms with Crippen LogP contribution in [0.5, 0.6) is 0 Å². The van der Waals surface area contributed by atoms with Gasteiger partial charge in [0.25, 0.3) is 0 Å². The van der Waals surface area contributed by atoms with Crippen LogP contribution in [0.4, 0.5) is 0 Å².